The zero-order valence-corrected chi connectivity index (χ0v) is 18.9. The van der Waals surface area contributed by atoms with E-state index in [0.717, 1.165) is 11.1 Å². The van der Waals surface area contributed by atoms with Crippen LogP contribution >= 0.6 is 34.5 Å². The van der Waals surface area contributed by atoms with Gasteiger partial charge in [-0.25, -0.2) is 0 Å². The molecule has 0 fully saturated rings. The van der Waals surface area contributed by atoms with Gasteiger partial charge in [0.05, 0.1) is 10.0 Å². The molecule has 0 saturated carbocycles. The molecular weight excluding hydrogens is 443 g/mol. The molecule has 2 amide bonds. The zero-order valence-electron chi connectivity index (χ0n) is 16.6. The van der Waals surface area contributed by atoms with E-state index in [1.807, 2.05) is 45.0 Å². The van der Waals surface area contributed by atoms with E-state index in [0.29, 0.717) is 20.7 Å². The molecule has 0 spiro atoms. The molecule has 1 unspecified atom stereocenters. The number of benzene rings is 2. The van der Waals surface area contributed by atoms with Crippen molar-refractivity contribution in [3.05, 3.63) is 63.6 Å². The number of carbonyl (C=O) groups is 2. The van der Waals surface area contributed by atoms with Crippen molar-refractivity contribution in [2.24, 2.45) is 5.92 Å². The topological polar surface area (TPSA) is 84.0 Å². The highest BCUT2D eigenvalue weighted by atomic mass is 35.5. The third kappa shape index (κ3) is 5.36. The molecule has 0 aliphatic rings. The number of carbonyl (C=O) groups excluding carboxylic acids is 2. The fourth-order valence-corrected chi connectivity index (χ4v) is 3.79. The van der Waals surface area contributed by atoms with Crippen molar-refractivity contribution in [2.45, 2.75) is 26.8 Å². The van der Waals surface area contributed by atoms with Crippen LogP contribution in [-0.4, -0.2) is 28.1 Å². The molecule has 3 aromatic rings. The number of amides is 2. The van der Waals surface area contributed by atoms with Gasteiger partial charge in [-0.2, -0.15) is 0 Å². The Bertz CT molecular complexity index is 1080. The first-order valence-corrected chi connectivity index (χ1v) is 10.8. The average Bonchev–Trinajstić information content (AvgIpc) is 3.16. The number of hydrogen-bond acceptors (Lipinski definition) is 5. The van der Waals surface area contributed by atoms with E-state index in [-0.39, 0.29) is 16.8 Å². The van der Waals surface area contributed by atoms with Gasteiger partial charge in [0.15, 0.2) is 0 Å². The van der Waals surface area contributed by atoms with Crippen LogP contribution in [0.5, 0.6) is 0 Å². The molecule has 9 heteroatoms. The van der Waals surface area contributed by atoms with Crippen molar-refractivity contribution in [1.29, 1.82) is 0 Å². The maximum atomic E-state index is 12.8. The van der Waals surface area contributed by atoms with E-state index in [4.69, 9.17) is 23.2 Å². The van der Waals surface area contributed by atoms with Crippen molar-refractivity contribution in [1.82, 2.24) is 15.5 Å². The van der Waals surface area contributed by atoms with Gasteiger partial charge in [0, 0.05) is 11.1 Å². The van der Waals surface area contributed by atoms with E-state index in [1.54, 1.807) is 6.07 Å². The van der Waals surface area contributed by atoms with Gasteiger partial charge in [-0.15, -0.1) is 10.2 Å². The molecule has 6 nitrogen and oxygen atoms in total. The molecule has 0 aliphatic carbocycles. The molecule has 2 N–H and O–H groups in total. The molecule has 2 aromatic carbocycles. The Labute approximate surface area is 188 Å². The Kier molecular flexibility index (Phi) is 7.07. The summed E-state index contributed by atoms with van der Waals surface area (Å²) >= 11 is 13.2. The predicted octanol–water partition coefficient (Wildman–Crippen LogP) is 5.21. The van der Waals surface area contributed by atoms with Crippen LogP contribution in [0.4, 0.5) is 5.13 Å². The third-order valence-electron chi connectivity index (χ3n) is 4.34. The number of nitrogens with one attached hydrogen (secondary N) is 2. The summed E-state index contributed by atoms with van der Waals surface area (Å²) in [5, 5.41) is 15.4. The Morgan fingerprint density at radius 1 is 1.03 bits per heavy atom. The Hall–Kier alpha value is -2.48. The van der Waals surface area contributed by atoms with Gasteiger partial charge in [0.25, 0.3) is 5.91 Å². The number of halogens is 2. The van der Waals surface area contributed by atoms with Gasteiger partial charge >= 0.3 is 0 Å². The quantitative estimate of drug-likeness (QED) is 0.526. The smallest absolute Gasteiger partial charge is 0.251 e. The molecule has 1 heterocycles. The molecule has 1 aromatic heterocycles. The monoisotopic (exact) mass is 462 g/mol. The first-order valence-electron chi connectivity index (χ1n) is 9.22. The van der Waals surface area contributed by atoms with Crippen LogP contribution in [0, 0.1) is 12.8 Å². The minimum atomic E-state index is -0.765. The van der Waals surface area contributed by atoms with E-state index >= 15 is 0 Å². The standard InChI is InChI=1S/C21H20Cl2N4O2S/c1-11(2)17(24-18(28)13-7-8-15(22)16(23)10-13)19(29)25-21-27-26-20(30-21)14-6-4-5-12(3)9-14/h4-11,17H,1-3H3,(H,24,28)(H,25,27,29). The number of aromatic nitrogens is 2. The Morgan fingerprint density at radius 2 is 1.80 bits per heavy atom. The van der Waals surface area contributed by atoms with E-state index in [1.165, 1.54) is 23.5 Å². The lowest BCUT2D eigenvalue weighted by molar-refractivity contribution is -0.118. The summed E-state index contributed by atoms with van der Waals surface area (Å²) in [6, 6.07) is 11.7. The number of anilines is 1. The van der Waals surface area contributed by atoms with Gasteiger partial charge in [-0.1, -0.05) is 72.1 Å². The van der Waals surface area contributed by atoms with Crippen LogP contribution < -0.4 is 10.6 Å². The molecule has 0 aliphatic heterocycles. The molecule has 0 saturated heterocycles. The zero-order chi connectivity index (χ0) is 21.8. The normalized spacial score (nSPS) is 11.9. The maximum Gasteiger partial charge on any atom is 0.251 e. The Balaban J connectivity index is 1.71. The summed E-state index contributed by atoms with van der Waals surface area (Å²) in [5.74, 6) is -0.939. The van der Waals surface area contributed by atoms with Gasteiger partial charge < -0.3 is 5.32 Å². The summed E-state index contributed by atoms with van der Waals surface area (Å²) in [4.78, 5) is 25.4. The molecule has 30 heavy (non-hydrogen) atoms. The number of nitrogens with zero attached hydrogens (tertiary/aromatic N) is 2. The minimum Gasteiger partial charge on any atom is -0.340 e. The summed E-state index contributed by atoms with van der Waals surface area (Å²) in [6.07, 6.45) is 0. The van der Waals surface area contributed by atoms with Crippen LogP contribution in [-0.2, 0) is 4.79 Å². The number of aryl methyl sites for hydroxylation is 1. The number of hydrogen-bond donors (Lipinski definition) is 2. The molecule has 156 valence electrons. The van der Waals surface area contributed by atoms with Crippen molar-refractivity contribution in [3.8, 4) is 10.6 Å². The van der Waals surface area contributed by atoms with Crippen LogP contribution in [0.15, 0.2) is 42.5 Å². The van der Waals surface area contributed by atoms with Crippen molar-refractivity contribution in [2.75, 3.05) is 5.32 Å². The largest absolute Gasteiger partial charge is 0.340 e. The SMILES string of the molecule is Cc1cccc(-c2nnc(NC(=O)C(NC(=O)c3ccc(Cl)c(Cl)c3)C(C)C)s2)c1. The van der Waals surface area contributed by atoms with Crippen molar-refractivity contribution in [3.63, 3.8) is 0 Å². The summed E-state index contributed by atoms with van der Waals surface area (Å²) < 4.78 is 0. The average molecular weight is 463 g/mol. The molecular formula is C21H20Cl2N4O2S. The minimum absolute atomic E-state index is 0.152. The van der Waals surface area contributed by atoms with Crippen molar-refractivity contribution >= 4 is 51.5 Å². The van der Waals surface area contributed by atoms with Gasteiger partial charge in [-0.3, -0.25) is 14.9 Å². The lowest BCUT2D eigenvalue weighted by Gasteiger charge is -2.21. The van der Waals surface area contributed by atoms with Gasteiger partial charge in [0.1, 0.15) is 11.0 Å². The first-order chi connectivity index (χ1) is 14.2. The van der Waals surface area contributed by atoms with E-state index in [2.05, 4.69) is 20.8 Å². The summed E-state index contributed by atoms with van der Waals surface area (Å²) in [5.41, 5.74) is 2.36. The fraction of sp³-hybridized carbons (Fsp3) is 0.238. The van der Waals surface area contributed by atoms with E-state index in [9.17, 15) is 9.59 Å². The summed E-state index contributed by atoms with van der Waals surface area (Å²) in [7, 11) is 0. The highest BCUT2D eigenvalue weighted by molar-refractivity contribution is 7.18. The van der Waals surface area contributed by atoms with E-state index < -0.39 is 11.9 Å². The predicted molar refractivity (Wildman–Crippen MR) is 121 cm³/mol. The highest BCUT2D eigenvalue weighted by Crippen LogP contribution is 2.27. The molecule has 3 rings (SSSR count). The lowest BCUT2D eigenvalue weighted by atomic mass is 10.0. The second kappa shape index (κ2) is 9.55. The number of rotatable bonds is 6. The Morgan fingerprint density at radius 3 is 2.47 bits per heavy atom. The van der Waals surface area contributed by atoms with Gasteiger partial charge in [0.2, 0.25) is 11.0 Å². The summed E-state index contributed by atoms with van der Waals surface area (Å²) in [6.45, 7) is 5.69. The third-order valence-corrected chi connectivity index (χ3v) is 5.96. The first kappa shape index (κ1) is 22.2. The van der Waals surface area contributed by atoms with Crippen LogP contribution in [0.1, 0.15) is 29.8 Å². The second-order valence-corrected chi connectivity index (χ2v) is 8.89. The fourth-order valence-electron chi connectivity index (χ4n) is 2.75. The molecule has 0 radical (unpaired) electrons. The lowest BCUT2D eigenvalue weighted by Crippen LogP contribution is -2.47. The van der Waals surface area contributed by atoms with Crippen LogP contribution in [0.2, 0.25) is 10.0 Å². The molecule has 1 atom stereocenters. The highest BCUT2D eigenvalue weighted by Gasteiger charge is 2.26. The maximum absolute atomic E-state index is 12.8. The van der Waals surface area contributed by atoms with Gasteiger partial charge in [-0.05, 0) is 37.1 Å². The van der Waals surface area contributed by atoms with Crippen LogP contribution in [0.3, 0.4) is 0 Å². The molecule has 0 bridgehead atoms. The van der Waals surface area contributed by atoms with Crippen molar-refractivity contribution < 1.29 is 9.59 Å². The second-order valence-electron chi connectivity index (χ2n) is 7.10. The van der Waals surface area contributed by atoms with Crippen LogP contribution in [0.25, 0.3) is 10.6 Å².